The lowest BCUT2D eigenvalue weighted by atomic mass is 10.1. The molecule has 0 bridgehead atoms. The summed E-state index contributed by atoms with van der Waals surface area (Å²) in [5, 5.41) is 3.49. The largest absolute Gasteiger partial charge is 0.381 e. The number of hydrogen-bond acceptors (Lipinski definition) is 3. The van der Waals surface area contributed by atoms with Crippen molar-refractivity contribution in [3.8, 4) is 0 Å². The number of rotatable bonds is 5. The van der Waals surface area contributed by atoms with Gasteiger partial charge < -0.3 is 10.1 Å². The van der Waals surface area contributed by atoms with Crippen LogP contribution in [0.1, 0.15) is 33.6 Å². The fourth-order valence-electron chi connectivity index (χ4n) is 2.00. The van der Waals surface area contributed by atoms with Gasteiger partial charge >= 0.3 is 0 Å². The molecule has 1 aliphatic rings. The highest BCUT2D eigenvalue weighted by atomic mass is 16.5. The van der Waals surface area contributed by atoms with Crippen molar-refractivity contribution in [3.63, 3.8) is 0 Å². The molecule has 1 atom stereocenters. The van der Waals surface area contributed by atoms with Crippen molar-refractivity contribution in [3.05, 3.63) is 0 Å². The summed E-state index contributed by atoms with van der Waals surface area (Å²) in [5.74, 6) is 0. The summed E-state index contributed by atoms with van der Waals surface area (Å²) in [4.78, 5) is 2.50. The quantitative estimate of drug-likeness (QED) is 0.750. The van der Waals surface area contributed by atoms with Crippen LogP contribution in [0.5, 0.6) is 0 Å². The first-order chi connectivity index (χ1) is 7.11. The normalized spacial score (nSPS) is 21.2. The Kier molecular flexibility index (Phi) is 5.58. The van der Waals surface area contributed by atoms with Crippen molar-refractivity contribution >= 4 is 0 Å². The highest BCUT2D eigenvalue weighted by molar-refractivity contribution is 4.77. The summed E-state index contributed by atoms with van der Waals surface area (Å²) in [6.45, 7) is 9.62. The second-order valence-corrected chi connectivity index (χ2v) is 4.92. The van der Waals surface area contributed by atoms with Crippen molar-refractivity contribution in [2.24, 2.45) is 0 Å². The van der Waals surface area contributed by atoms with Crippen LogP contribution in [0.15, 0.2) is 0 Å². The van der Waals surface area contributed by atoms with Crippen molar-refractivity contribution in [2.45, 2.75) is 51.7 Å². The van der Waals surface area contributed by atoms with E-state index in [0.717, 1.165) is 19.8 Å². The van der Waals surface area contributed by atoms with Crippen LogP contribution in [-0.2, 0) is 4.74 Å². The smallest absolute Gasteiger partial charge is 0.0480 e. The molecular formula is C12H26N2O. The molecule has 1 fully saturated rings. The van der Waals surface area contributed by atoms with E-state index in [2.05, 4.69) is 38.0 Å². The van der Waals surface area contributed by atoms with E-state index in [1.807, 2.05) is 0 Å². The number of ether oxygens (including phenoxy) is 1. The molecular weight excluding hydrogens is 188 g/mol. The van der Waals surface area contributed by atoms with Gasteiger partial charge in [0.25, 0.3) is 0 Å². The van der Waals surface area contributed by atoms with Gasteiger partial charge in [-0.3, -0.25) is 4.90 Å². The van der Waals surface area contributed by atoms with Gasteiger partial charge in [-0.1, -0.05) is 13.8 Å². The molecule has 1 unspecified atom stereocenters. The molecule has 0 amide bonds. The predicted molar refractivity (Wildman–Crippen MR) is 64.2 cm³/mol. The molecule has 15 heavy (non-hydrogen) atoms. The lowest BCUT2D eigenvalue weighted by Crippen LogP contribution is -2.47. The molecule has 0 aromatic heterocycles. The van der Waals surface area contributed by atoms with Crippen LogP contribution < -0.4 is 5.32 Å². The molecule has 90 valence electrons. The highest BCUT2D eigenvalue weighted by Crippen LogP contribution is 2.14. The van der Waals surface area contributed by atoms with Gasteiger partial charge in [-0.15, -0.1) is 0 Å². The Bertz CT molecular complexity index is 167. The Balaban J connectivity index is 2.27. The maximum atomic E-state index is 5.39. The van der Waals surface area contributed by atoms with Crippen LogP contribution >= 0.6 is 0 Å². The molecule has 0 aromatic carbocycles. The first-order valence-electron chi connectivity index (χ1n) is 6.14. The van der Waals surface area contributed by atoms with E-state index in [1.54, 1.807) is 0 Å². The molecule has 0 spiro atoms. The second-order valence-electron chi connectivity index (χ2n) is 4.92. The van der Waals surface area contributed by atoms with Crippen molar-refractivity contribution in [1.82, 2.24) is 10.2 Å². The van der Waals surface area contributed by atoms with Gasteiger partial charge in [0, 0.05) is 37.9 Å². The van der Waals surface area contributed by atoms with E-state index in [0.29, 0.717) is 18.1 Å². The molecule has 1 aliphatic heterocycles. The van der Waals surface area contributed by atoms with Gasteiger partial charge in [0.1, 0.15) is 0 Å². The van der Waals surface area contributed by atoms with Crippen molar-refractivity contribution in [2.75, 3.05) is 26.8 Å². The fraction of sp³-hybridized carbons (Fsp3) is 1.00. The second kappa shape index (κ2) is 6.46. The Morgan fingerprint density at radius 2 is 1.87 bits per heavy atom. The minimum absolute atomic E-state index is 0.579. The van der Waals surface area contributed by atoms with Crippen molar-refractivity contribution < 1.29 is 4.74 Å². The van der Waals surface area contributed by atoms with E-state index in [9.17, 15) is 0 Å². The molecule has 1 rings (SSSR count). The topological polar surface area (TPSA) is 24.5 Å². The number of nitrogens with zero attached hydrogens (tertiary/aromatic N) is 1. The van der Waals surface area contributed by atoms with Gasteiger partial charge in [0.2, 0.25) is 0 Å². The first kappa shape index (κ1) is 12.9. The van der Waals surface area contributed by atoms with Gasteiger partial charge in [-0.2, -0.15) is 0 Å². The molecule has 1 N–H and O–H groups in total. The van der Waals surface area contributed by atoms with Crippen LogP contribution in [0, 0.1) is 0 Å². The SMILES string of the molecule is CC(C)NCC(C)N(C)C1CCOCC1. The molecule has 1 heterocycles. The van der Waals surface area contributed by atoms with E-state index in [4.69, 9.17) is 4.74 Å². The highest BCUT2D eigenvalue weighted by Gasteiger charge is 2.21. The lowest BCUT2D eigenvalue weighted by Gasteiger charge is -2.35. The van der Waals surface area contributed by atoms with Crippen LogP contribution in [0.3, 0.4) is 0 Å². The molecule has 0 saturated carbocycles. The number of nitrogens with one attached hydrogen (secondary N) is 1. The summed E-state index contributed by atoms with van der Waals surface area (Å²) in [6.07, 6.45) is 2.37. The Hall–Kier alpha value is -0.120. The maximum absolute atomic E-state index is 5.39. The Labute approximate surface area is 94.2 Å². The molecule has 3 nitrogen and oxygen atoms in total. The van der Waals surface area contributed by atoms with E-state index in [-0.39, 0.29) is 0 Å². The van der Waals surface area contributed by atoms with Crippen LogP contribution in [-0.4, -0.2) is 49.8 Å². The van der Waals surface area contributed by atoms with E-state index < -0.39 is 0 Å². The third-order valence-corrected chi connectivity index (χ3v) is 3.28. The van der Waals surface area contributed by atoms with Gasteiger partial charge in [0.05, 0.1) is 0 Å². The number of hydrogen-bond donors (Lipinski definition) is 1. The van der Waals surface area contributed by atoms with Gasteiger partial charge in [-0.05, 0) is 26.8 Å². The zero-order valence-corrected chi connectivity index (χ0v) is 10.6. The zero-order valence-electron chi connectivity index (χ0n) is 10.6. The Morgan fingerprint density at radius 3 is 2.40 bits per heavy atom. The fourth-order valence-corrected chi connectivity index (χ4v) is 2.00. The first-order valence-corrected chi connectivity index (χ1v) is 6.14. The van der Waals surface area contributed by atoms with E-state index in [1.165, 1.54) is 12.8 Å². The van der Waals surface area contributed by atoms with Gasteiger partial charge in [0.15, 0.2) is 0 Å². The third kappa shape index (κ3) is 4.49. The predicted octanol–water partition coefficient (Wildman–Crippen LogP) is 1.48. The minimum atomic E-state index is 0.579. The lowest BCUT2D eigenvalue weighted by molar-refractivity contribution is 0.0309. The molecule has 0 radical (unpaired) electrons. The number of likely N-dealkylation sites (N-methyl/N-ethyl adjacent to an activating group) is 1. The summed E-state index contributed by atoms with van der Waals surface area (Å²) in [6, 6.07) is 1.90. The molecule has 0 aromatic rings. The summed E-state index contributed by atoms with van der Waals surface area (Å²) >= 11 is 0. The average Bonchev–Trinajstić information content (AvgIpc) is 2.26. The van der Waals surface area contributed by atoms with Crippen LogP contribution in [0.25, 0.3) is 0 Å². The standard InChI is InChI=1S/C12H26N2O/c1-10(2)13-9-11(3)14(4)12-5-7-15-8-6-12/h10-13H,5-9H2,1-4H3. The monoisotopic (exact) mass is 214 g/mol. The zero-order chi connectivity index (χ0) is 11.3. The van der Waals surface area contributed by atoms with Crippen LogP contribution in [0.2, 0.25) is 0 Å². The molecule has 0 aliphatic carbocycles. The Morgan fingerprint density at radius 1 is 1.27 bits per heavy atom. The summed E-state index contributed by atoms with van der Waals surface area (Å²) in [7, 11) is 2.24. The minimum Gasteiger partial charge on any atom is -0.381 e. The van der Waals surface area contributed by atoms with Crippen LogP contribution in [0.4, 0.5) is 0 Å². The maximum Gasteiger partial charge on any atom is 0.0480 e. The summed E-state index contributed by atoms with van der Waals surface area (Å²) < 4.78 is 5.39. The average molecular weight is 214 g/mol. The third-order valence-electron chi connectivity index (χ3n) is 3.28. The van der Waals surface area contributed by atoms with Crippen molar-refractivity contribution in [1.29, 1.82) is 0 Å². The molecule has 1 saturated heterocycles. The van der Waals surface area contributed by atoms with Gasteiger partial charge in [-0.25, -0.2) is 0 Å². The summed E-state index contributed by atoms with van der Waals surface area (Å²) in [5.41, 5.74) is 0. The molecule has 3 heteroatoms. The van der Waals surface area contributed by atoms with E-state index >= 15 is 0 Å².